The van der Waals surface area contributed by atoms with Gasteiger partial charge in [0.25, 0.3) is 0 Å². The standard InChI is InChI=1S/C17H22N4OS/c1-3-20-7-9-21(10-8-20)16(22)11-15-13(2)19-17(23-15)14-5-4-6-18-12-14/h4-6,12H,3,7-11H2,1-2H3. The van der Waals surface area contributed by atoms with E-state index < -0.39 is 0 Å². The Hall–Kier alpha value is -1.79. The van der Waals surface area contributed by atoms with Crippen molar-refractivity contribution < 1.29 is 4.79 Å². The maximum absolute atomic E-state index is 12.5. The zero-order chi connectivity index (χ0) is 16.2. The van der Waals surface area contributed by atoms with Crippen molar-refractivity contribution in [3.05, 3.63) is 35.1 Å². The molecule has 6 heteroatoms. The van der Waals surface area contributed by atoms with E-state index in [0.717, 1.165) is 53.9 Å². The van der Waals surface area contributed by atoms with Gasteiger partial charge in [-0.2, -0.15) is 0 Å². The number of hydrogen-bond donors (Lipinski definition) is 0. The lowest BCUT2D eigenvalue weighted by Gasteiger charge is -2.34. The molecule has 122 valence electrons. The Kier molecular flexibility index (Phi) is 5.03. The smallest absolute Gasteiger partial charge is 0.227 e. The fraction of sp³-hybridized carbons (Fsp3) is 0.471. The van der Waals surface area contributed by atoms with Gasteiger partial charge in [0, 0.05) is 49.0 Å². The highest BCUT2D eigenvalue weighted by molar-refractivity contribution is 7.15. The summed E-state index contributed by atoms with van der Waals surface area (Å²) in [4.78, 5) is 26.7. The molecule has 3 heterocycles. The van der Waals surface area contributed by atoms with Gasteiger partial charge in [-0.3, -0.25) is 9.78 Å². The molecule has 2 aromatic rings. The number of piperazine rings is 1. The Balaban J connectivity index is 1.66. The lowest BCUT2D eigenvalue weighted by molar-refractivity contribution is -0.132. The molecule has 1 amide bonds. The SMILES string of the molecule is CCN1CCN(C(=O)Cc2sc(-c3cccnc3)nc2C)CC1. The Morgan fingerprint density at radius 3 is 2.74 bits per heavy atom. The lowest BCUT2D eigenvalue weighted by atomic mass is 10.2. The van der Waals surface area contributed by atoms with E-state index in [2.05, 4.69) is 21.8 Å². The second-order valence-electron chi connectivity index (χ2n) is 5.76. The largest absolute Gasteiger partial charge is 0.340 e. The molecular formula is C17H22N4OS. The fourth-order valence-electron chi connectivity index (χ4n) is 2.77. The normalized spacial score (nSPS) is 15.8. The van der Waals surface area contributed by atoms with Crippen LogP contribution in [0.3, 0.4) is 0 Å². The van der Waals surface area contributed by atoms with E-state index >= 15 is 0 Å². The topological polar surface area (TPSA) is 49.3 Å². The van der Waals surface area contributed by atoms with E-state index in [1.54, 1.807) is 17.5 Å². The molecule has 0 atom stereocenters. The number of aryl methyl sites for hydroxylation is 1. The number of hydrogen-bond acceptors (Lipinski definition) is 5. The molecule has 0 spiro atoms. The van der Waals surface area contributed by atoms with Gasteiger partial charge >= 0.3 is 0 Å². The van der Waals surface area contributed by atoms with Crippen LogP contribution < -0.4 is 0 Å². The molecular weight excluding hydrogens is 308 g/mol. The van der Waals surface area contributed by atoms with Gasteiger partial charge in [0.2, 0.25) is 5.91 Å². The van der Waals surface area contributed by atoms with Crippen molar-refractivity contribution in [2.45, 2.75) is 20.3 Å². The number of aromatic nitrogens is 2. The van der Waals surface area contributed by atoms with E-state index in [1.165, 1.54) is 0 Å². The molecule has 0 unspecified atom stereocenters. The molecule has 3 rings (SSSR count). The number of carbonyl (C=O) groups is 1. The van der Waals surface area contributed by atoms with E-state index in [9.17, 15) is 4.79 Å². The molecule has 0 aliphatic carbocycles. The third-order valence-corrected chi connectivity index (χ3v) is 5.49. The van der Waals surface area contributed by atoms with Crippen molar-refractivity contribution in [3.63, 3.8) is 0 Å². The number of thiazole rings is 1. The minimum atomic E-state index is 0.213. The maximum Gasteiger partial charge on any atom is 0.227 e. The zero-order valence-electron chi connectivity index (χ0n) is 13.7. The fourth-order valence-corrected chi connectivity index (χ4v) is 3.81. The summed E-state index contributed by atoms with van der Waals surface area (Å²) in [5.74, 6) is 0.213. The van der Waals surface area contributed by atoms with Gasteiger partial charge in [0.05, 0.1) is 12.1 Å². The second kappa shape index (κ2) is 7.19. The Labute approximate surface area is 141 Å². The van der Waals surface area contributed by atoms with E-state index in [0.29, 0.717) is 6.42 Å². The van der Waals surface area contributed by atoms with E-state index in [4.69, 9.17) is 0 Å². The monoisotopic (exact) mass is 330 g/mol. The molecule has 1 aliphatic heterocycles. The predicted octanol–water partition coefficient (Wildman–Crippen LogP) is 2.22. The molecule has 23 heavy (non-hydrogen) atoms. The number of pyridine rings is 1. The molecule has 0 bridgehead atoms. The molecule has 2 aromatic heterocycles. The van der Waals surface area contributed by atoms with Crippen LogP contribution in [0.2, 0.25) is 0 Å². The van der Waals surface area contributed by atoms with Crippen molar-refractivity contribution in [2.75, 3.05) is 32.7 Å². The Morgan fingerprint density at radius 1 is 1.30 bits per heavy atom. The summed E-state index contributed by atoms with van der Waals surface area (Å²) in [6.45, 7) is 8.83. The first-order valence-corrected chi connectivity index (χ1v) is 8.86. The number of rotatable bonds is 4. The van der Waals surface area contributed by atoms with Crippen LogP contribution in [0.5, 0.6) is 0 Å². The van der Waals surface area contributed by atoms with Crippen LogP contribution in [-0.4, -0.2) is 58.4 Å². The molecule has 1 aliphatic rings. The third kappa shape index (κ3) is 3.76. The zero-order valence-corrected chi connectivity index (χ0v) is 14.5. The highest BCUT2D eigenvalue weighted by atomic mass is 32.1. The van der Waals surface area contributed by atoms with Crippen LogP contribution in [-0.2, 0) is 11.2 Å². The van der Waals surface area contributed by atoms with Gasteiger partial charge in [0.1, 0.15) is 5.01 Å². The Bertz CT molecular complexity index is 662. The Morgan fingerprint density at radius 2 is 2.09 bits per heavy atom. The van der Waals surface area contributed by atoms with Crippen molar-refractivity contribution in [3.8, 4) is 10.6 Å². The minimum Gasteiger partial charge on any atom is -0.340 e. The average Bonchev–Trinajstić information content (AvgIpc) is 2.96. The average molecular weight is 330 g/mol. The van der Waals surface area contributed by atoms with Gasteiger partial charge < -0.3 is 9.80 Å². The summed E-state index contributed by atoms with van der Waals surface area (Å²) in [5.41, 5.74) is 1.96. The first-order valence-electron chi connectivity index (χ1n) is 8.04. The molecule has 1 fully saturated rings. The van der Waals surface area contributed by atoms with Crippen LogP contribution in [0, 0.1) is 6.92 Å². The van der Waals surface area contributed by atoms with Crippen molar-refractivity contribution in [2.24, 2.45) is 0 Å². The molecule has 0 radical (unpaired) electrons. The highest BCUT2D eigenvalue weighted by Gasteiger charge is 2.22. The summed E-state index contributed by atoms with van der Waals surface area (Å²) in [5, 5.41) is 0.939. The van der Waals surface area contributed by atoms with Crippen molar-refractivity contribution in [1.82, 2.24) is 19.8 Å². The number of amides is 1. The molecule has 5 nitrogen and oxygen atoms in total. The van der Waals surface area contributed by atoms with Crippen molar-refractivity contribution in [1.29, 1.82) is 0 Å². The summed E-state index contributed by atoms with van der Waals surface area (Å²) in [6.07, 6.45) is 4.02. The summed E-state index contributed by atoms with van der Waals surface area (Å²) in [7, 11) is 0. The van der Waals surface area contributed by atoms with E-state index in [1.807, 2.05) is 30.2 Å². The van der Waals surface area contributed by atoms with Crippen LogP contribution in [0.15, 0.2) is 24.5 Å². The van der Waals surface area contributed by atoms with Gasteiger partial charge in [-0.05, 0) is 25.6 Å². The van der Waals surface area contributed by atoms with Gasteiger partial charge in [0.15, 0.2) is 0 Å². The van der Waals surface area contributed by atoms with Crippen molar-refractivity contribution >= 4 is 17.2 Å². The van der Waals surface area contributed by atoms with Gasteiger partial charge in [-0.1, -0.05) is 6.92 Å². The van der Waals surface area contributed by atoms with Crippen LogP contribution in [0.1, 0.15) is 17.5 Å². The van der Waals surface area contributed by atoms with Crippen LogP contribution in [0.4, 0.5) is 0 Å². The lowest BCUT2D eigenvalue weighted by Crippen LogP contribution is -2.48. The quantitative estimate of drug-likeness (QED) is 0.862. The summed E-state index contributed by atoms with van der Waals surface area (Å²) >= 11 is 1.60. The number of nitrogens with zero attached hydrogens (tertiary/aromatic N) is 4. The third-order valence-electron chi connectivity index (χ3n) is 4.29. The number of carbonyl (C=O) groups excluding carboxylic acids is 1. The molecule has 0 aromatic carbocycles. The minimum absolute atomic E-state index is 0.213. The maximum atomic E-state index is 12.5. The van der Waals surface area contributed by atoms with E-state index in [-0.39, 0.29) is 5.91 Å². The first kappa shape index (κ1) is 16.1. The van der Waals surface area contributed by atoms with Crippen LogP contribution >= 0.6 is 11.3 Å². The van der Waals surface area contributed by atoms with Crippen LogP contribution in [0.25, 0.3) is 10.6 Å². The molecule has 0 N–H and O–H groups in total. The summed E-state index contributed by atoms with van der Waals surface area (Å²) in [6, 6.07) is 3.91. The molecule has 0 saturated carbocycles. The highest BCUT2D eigenvalue weighted by Crippen LogP contribution is 2.28. The number of likely N-dealkylation sites (N-methyl/N-ethyl adjacent to an activating group) is 1. The summed E-state index contributed by atoms with van der Waals surface area (Å²) < 4.78 is 0. The predicted molar refractivity (Wildman–Crippen MR) is 92.5 cm³/mol. The second-order valence-corrected chi connectivity index (χ2v) is 6.84. The first-order chi connectivity index (χ1) is 11.2. The molecule has 1 saturated heterocycles. The van der Waals surface area contributed by atoms with Gasteiger partial charge in [-0.25, -0.2) is 4.98 Å². The van der Waals surface area contributed by atoms with Gasteiger partial charge in [-0.15, -0.1) is 11.3 Å².